The van der Waals surface area contributed by atoms with E-state index >= 15 is 0 Å². The van der Waals surface area contributed by atoms with Crippen molar-refractivity contribution < 1.29 is 0 Å². The maximum atomic E-state index is 5.43. The summed E-state index contributed by atoms with van der Waals surface area (Å²) in [6, 6.07) is 61.5. The molecule has 0 N–H and O–H groups in total. The van der Waals surface area contributed by atoms with Gasteiger partial charge < -0.3 is 4.57 Å². The lowest BCUT2D eigenvalue weighted by molar-refractivity contribution is 0.660. The zero-order valence-electron chi connectivity index (χ0n) is 30.5. The number of hydrogen-bond donors (Lipinski definition) is 0. The lowest BCUT2D eigenvalue weighted by Crippen LogP contribution is -2.15. The molecule has 0 saturated heterocycles. The van der Waals surface area contributed by atoms with E-state index in [1.165, 1.54) is 71.3 Å². The summed E-state index contributed by atoms with van der Waals surface area (Å²) in [6.07, 6.45) is 0. The molecule has 0 radical (unpaired) electrons. The van der Waals surface area contributed by atoms with Crippen molar-refractivity contribution in [2.45, 2.75) is 19.3 Å². The van der Waals surface area contributed by atoms with Gasteiger partial charge in [0.05, 0.1) is 33.3 Å². The predicted molar refractivity (Wildman–Crippen MR) is 229 cm³/mol. The van der Waals surface area contributed by atoms with Gasteiger partial charge in [0.15, 0.2) is 0 Å². The summed E-state index contributed by atoms with van der Waals surface area (Å²) in [7, 11) is 0. The zero-order chi connectivity index (χ0) is 36.4. The molecule has 1 aliphatic carbocycles. The van der Waals surface area contributed by atoms with E-state index < -0.39 is 0 Å². The molecule has 1 aliphatic rings. The summed E-state index contributed by atoms with van der Waals surface area (Å²) < 4.78 is 4.72. The van der Waals surface area contributed by atoms with Gasteiger partial charge in [-0.3, -0.25) is 4.57 Å². The third-order valence-corrected chi connectivity index (χ3v) is 12.1. The maximum absolute atomic E-state index is 5.43. The van der Waals surface area contributed by atoms with Crippen LogP contribution in [0.5, 0.6) is 0 Å². The van der Waals surface area contributed by atoms with Crippen molar-refractivity contribution in [3.63, 3.8) is 0 Å². The van der Waals surface area contributed by atoms with Gasteiger partial charge in [0.2, 0.25) is 5.95 Å². The van der Waals surface area contributed by atoms with Crippen molar-refractivity contribution in [2.24, 2.45) is 0 Å². The second kappa shape index (κ2) is 11.0. The third-order valence-electron chi connectivity index (χ3n) is 12.1. The highest BCUT2D eigenvalue weighted by molar-refractivity contribution is 6.28. The Labute approximate surface area is 317 Å². The topological polar surface area (TPSA) is 35.6 Å². The molecule has 0 atom stereocenters. The van der Waals surface area contributed by atoms with Crippen LogP contribution in [0.1, 0.15) is 25.0 Å². The fourth-order valence-corrected chi connectivity index (χ4v) is 9.56. The fourth-order valence-electron chi connectivity index (χ4n) is 9.56. The number of rotatable bonds is 3. The van der Waals surface area contributed by atoms with Crippen LogP contribution in [0.15, 0.2) is 170 Å². The van der Waals surface area contributed by atoms with Crippen molar-refractivity contribution in [1.82, 2.24) is 19.1 Å². The Morgan fingerprint density at radius 3 is 1.85 bits per heavy atom. The third kappa shape index (κ3) is 4.17. The first-order valence-corrected chi connectivity index (χ1v) is 19.0. The largest absolute Gasteiger partial charge is 0.309 e. The van der Waals surface area contributed by atoms with Gasteiger partial charge in [0.25, 0.3) is 0 Å². The summed E-state index contributed by atoms with van der Waals surface area (Å²) in [5, 5.41) is 8.29. The van der Waals surface area contributed by atoms with Gasteiger partial charge in [-0.15, -0.1) is 0 Å². The van der Waals surface area contributed by atoms with Crippen molar-refractivity contribution >= 4 is 65.3 Å². The monoisotopic (exact) mass is 702 g/mol. The van der Waals surface area contributed by atoms with Crippen molar-refractivity contribution in [1.29, 1.82) is 0 Å². The van der Waals surface area contributed by atoms with E-state index in [9.17, 15) is 0 Å². The van der Waals surface area contributed by atoms with Gasteiger partial charge in [-0.25, -0.2) is 9.97 Å². The fraction of sp³-hybridized carbons (Fsp3) is 0.0588. The molecule has 0 bridgehead atoms. The van der Waals surface area contributed by atoms with Gasteiger partial charge in [-0.2, -0.15) is 0 Å². The van der Waals surface area contributed by atoms with Crippen molar-refractivity contribution in [2.75, 3.05) is 0 Å². The number of benzene rings is 8. The number of para-hydroxylation sites is 3. The van der Waals surface area contributed by atoms with E-state index in [0.29, 0.717) is 5.95 Å². The summed E-state index contributed by atoms with van der Waals surface area (Å²) in [5.74, 6) is 0.663. The van der Waals surface area contributed by atoms with Crippen molar-refractivity contribution in [3.05, 3.63) is 181 Å². The number of aromatic nitrogens is 4. The molecule has 0 fully saturated rings. The van der Waals surface area contributed by atoms with E-state index in [1.807, 2.05) is 0 Å². The van der Waals surface area contributed by atoms with Crippen LogP contribution in [-0.2, 0) is 5.41 Å². The van der Waals surface area contributed by atoms with Crippen LogP contribution >= 0.6 is 0 Å². The molecule has 0 spiro atoms. The molecule has 3 aromatic heterocycles. The Bertz CT molecular complexity index is 3420. The molecule has 11 aromatic rings. The van der Waals surface area contributed by atoms with Gasteiger partial charge in [0.1, 0.15) is 0 Å². The Hall–Kier alpha value is -7.04. The second-order valence-corrected chi connectivity index (χ2v) is 15.4. The first-order chi connectivity index (χ1) is 27.0. The lowest BCUT2D eigenvalue weighted by atomic mass is 9.82. The molecule has 0 amide bonds. The zero-order valence-corrected chi connectivity index (χ0v) is 30.5. The van der Waals surface area contributed by atoms with Crippen molar-refractivity contribution in [3.8, 4) is 34.0 Å². The Morgan fingerprint density at radius 2 is 1.05 bits per heavy atom. The number of fused-ring (bicyclic) bond motifs is 12. The molecule has 4 heteroatoms. The molecule has 8 aromatic carbocycles. The number of hydrogen-bond acceptors (Lipinski definition) is 2. The van der Waals surface area contributed by atoms with Crippen LogP contribution in [0.2, 0.25) is 0 Å². The molecule has 3 heterocycles. The average Bonchev–Trinajstić information content (AvgIpc) is 3.83. The summed E-state index contributed by atoms with van der Waals surface area (Å²) in [4.78, 5) is 10.7. The lowest BCUT2D eigenvalue weighted by Gasteiger charge is -2.22. The standard InChI is InChI=1S/C51H34N4/c1-51(2)40-19-9-5-15-35(40)36-26-25-34(30-41(36)51)54-43-21-11-7-17-38(43)47-45(54)27-28-46-48(47)39-18-8-12-22-44(39)55(46)50-52-42-20-10-6-16-37(42)49(53-50)33-24-23-31-13-3-4-14-32(31)29-33/h3-30H,1-2H3. The summed E-state index contributed by atoms with van der Waals surface area (Å²) >= 11 is 0. The highest BCUT2D eigenvalue weighted by atomic mass is 15.2. The molecule has 0 aliphatic heterocycles. The van der Waals surface area contributed by atoms with Crippen LogP contribution in [0.25, 0.3) is 99.3 Å². The van der Waals surface area contributed by atoms with E-state index in [4.69, 9.17) is 9.97 Å². The minimum atomic E-state index is -0.0903. The normalized spacial score (nSPS) is 13.4. The highest BCUT2D eigenvalue weighted by Gasteiger charge is 2.35. The summed E-state index contributed by atoms with van der Waals surface area (Å²) in [5.41, 5.74) is 14.0. The van der Waals surface area contributed by atoms with E-state index in [2.05, 4.69) is 193 Å². The van der Waals surface area contributed by atoms with Gasteiger partial charge in [0, 0.05) is 43.6 Å². The molecule has 0 unspecified atom stereocenters. The molecule has 4 nitrogen and oxygen atoms in total. The van der Waals surface area contributed by atoms with E-state index in [-0.39, 0.29) is 5.41 Å². The van der Waals surface area contributed by atoms with Crippen LogP contribution in [0.3, 0.4) is 0 Å². The average molecular weight is 703 g/mol. The Balaban J connectivity index is 1.14. The van der Waals surface area contributed by atoms with Gasteiger partial charge in [-0.05, 0) is 81.6 Å². The maximum Gasteiger partial charge on any atom is 0.235 e. The molecule has 258 valence electrons. The minimum Gasteiger partial charge on any atom is -0.309 e. The molecule has 55 heavy (non-hydrogen) atoms. The molecule has 0 saturated carbocycles. The molecular formula is C51H34N4. The number of nitrogens with zero attached hydrogens (tertiary/aromatic N) is 4. The highest BCUT2D eigenvalue weighted by Crippen LogP contribution is 2.50. The second-order valence-electron chi connectivity index (χ2n) is 15.4. The van der Waals surface area contributed by atoms with Crippen LogP contribution < -0.4 is 0 Å². The molecular weight excluding hydrogens is 669 g/mol. The Kier molecular flexibility index (Phi) is 6.09. The van der Waals surface area contributed by atoms with Crippen LogP contribution in [0.4, 0.5) is 0 Å². The summed E-state index contributed by atoms with van der Waals surface area (Å²) in [6.45, 7) is 4.71. The van der Waals surface area contributed by atoms with Gasteiger partial charge >= 0.3 is 0 Å². The van der Waals surface area contributed by atoms with Crippen LogP contribution in [-0.4, -0.2) is 19.1 Å². The van der Waals surface area contributed by atoms with Gasteiger partial charge in [-0.1, -0.05) is 135 Å². The first-order valence-electron chi connectivity index (χ1n) is 19.0. The predicted octanol–water partition coefficient (Wildman–Crippen LogP) is 13.0. The molecule has 12 rings (SSSR count). The van der Waals surface area contributed by atoms with Crippen LogP contribution in [0, 0.1) is 0 Å². The van der Waals surface area contributed by atoms with E-state index in [1.54, 1.807) is 0 Å². The Morgan fingerprint density at radius 1 is 0.436 bits per heavy atom. The first kappa shape index (κ1) is 30.4. The van der Waals surface area contributed by atoms with E-state index in [0.717, 1.165) is 33.2 Å². The smallest absolute Gasteiger partial charge is 0.235 e. The quantitative estimate of drug-likeness (QED) is 0.184. The SMILES string of the molecule is CC1(C)c2ccccc2-c2ccc(-n3c4ccccc4c4c5c6ccccc6n(-c6nc(-c7ccc8ccccc8c7)c7ccccc7n6)c5ccc43)cc21. The minimum absolute atomic E-state index is 0.0903.